The van der Waals surface area contributed by atoms with E-state index in [9.17, 15) is 0 Å². The highest BCUT2D eigenvalue weighted by Crippen LogP contribution is 2.23. The van der Waals surface area contributed by atoms with Gasteiger partial charge in [0.2, 0.25) is 0 Å². The average molecular weight is 292 g/mol. The second kappa shape index (κ2) is 5.48. The van der Waals surface area contributed by atoms with E-state index < -0.39 is 0 Å². The molecule has 3 N–H and O–H groups in total. The van der Waals surface area contributed by atoms with Gasteiger partial charge in [-0.25, -0.2) is 0 Å². The minimum atomic E-state index is -0.0733. The van der Waals surface area contributed by atoms with E-state index in [1.165, 1.54) is 4.88 Å². The maximum Gasteiger partial charge on any atom is 0.156 e. The number of rotatable bonds is 4. The van der Waals surface area contributed by atoms with Crippen molar-refractivity contribution in [2.45, 2.75) is 19.5 Å². The number of oxime groups is 1. The Hall–Kier alpha value is -0.590. The Kier molecular flexibility index (Phi) is 4.56. The molecule has 0 aromatic carbocycles. The monoisotopic (exact) mass is 291 g/mol. The van der Waals surface area contributed by atoms with Crippen LogP contribution in [0.5, 0.6) is 0 Å². The second-order valence-corrected chi connectivity index (χ2v) is 5.87. The van der Waals surface area contributed by atoms with Crippen LogP contribution in [-0.4, -0.2) is 29.0 Å². The first-order valence-corrected chi connectivity index (χ1v) is 6.07. The number of nitrogens with two attached hydrogens (primary N) is 1. The Bertz CT molecular complexity index is 353. The Balaban J connectivity index is 2.59. The molecule has 1 heterocycles. The fourth-order valence-corrected chi connectivity index (χ4v) is 2.68. The van der Waals surface area contributed by atoms with Crippen molar-refractivity contribution in [3.05, 3.63) is 20.8 Å². The number of halogens is 1. The lowest BCUT2D eigenvalue weighted by molar-refractivity contribution is 0.280. The van der Waals surface area contributed by atoms with Crippen molar-refractivity contribution in [1.82, 2.24) is 4.90 Å². The second-order valence-electron chi connectivity index (χ2n) is 3.32. The van der Waals surface area contributed by atoms with Crippen molar-refractivity contribution in [3.8, 4) is 0 Å². The van der Waals surface area contributed by atoms with Crippen molar-refractivity contribution in [2.24, 2.45) is 10.9 Å². The fourth-order valence-electron chi connectivity index (χ4n) is 1.13. The molecule has 1 rings (SSSR count). The van der Waals surface area contributed by atoms with Gasteiger partial charge in [0.1, 0.15) is 0 Å². The summed E-state index contributed by atoms with van der Waals surface area (Å²) < 4.78 is 1.11. The molecule has 6 heteroatoms. The minimum Gasteiger partial charge on any atom is -0.409 e. The van der Waals surface area contributed by atoms with Gasteiger partial charge in [-0.2, -0.15) is 0 Å². The van der Waals surface area contributed by atoms with Crippen molar-refractivity contribution in [1.29, 1.82) is 0 Å². The van der Waals surface area contributed by atoms with Crippen molar-refractivity contribution < 1.29 is 5.21 Å². The van der Waals surface area contributed by atoms with Gasteiger partial charge < -0.3 is 10.9 Å². The number of hydrogen-bond donors (Lipinski definition) is 2. The standard InChI is InChI=1S/C9H14BrN3OS/c1-6(9(11)12-14)13(2)5-7-3-4-8(10)15-7/h3-4,6,14H,5H2,1-2H3,(H2,11,12). The van der Waals surface area contributed by atoms with Crippen LogP contribution in [0.15, 0.2) is 21.1 Å². The zero-order valence-corrected chi connectivity index (χ0v) is 11.0. The molecule has 1 aromatic rings. The summed E-state index contributed by atoms with van der Waals surface area (Å²) >= 11 is 5.10. The summed E-state index contributed by atoms with van der Waals surface area (Å²) in [7, 11) is 1.94. The Labute approximate surface area is 102 Å². The third-order valence-corrected chi connectivity index (χ3v) is 3.85. The van der Waals surface area contributed by atoms with Crippen molar-refractivity contribution in [2.75, 3.05) is 7.05 Å². The Morgan fingerprint density at radius 3 is 2.87 bits per heavy atom. The Morgan fingerprint density at radius 2 is 2.40 bits per heavy atom. The summed E-state index contributed by atoms with van der Waals surface area (Å²) in [6, 6.07) is 4.00. The van der Waals surface area contributed by atoms with Gasteiger partial charge in [0, 0.05) is 11.4 Å². The first kappa shape index (κ1) is 12.5. The summed E-state index contributed by atoms with van der Waals surface area (Å²) in [5.41, 5.74) is 5.53. The van der Waals surface area contributed by atoms with E-state index in [0.29, 0.717) is 0 Å². The van der Waals surface area contributed by atoms with Crippen LogP contribution in [0.3, 0.4) is 0 Å². The van der Waals surface area contributed by atoms with Crippen LogP contribution in [0.4, 0.5) is 0 Å². The maximum atomic E-state index is 8.56. The van der Waals surface area contributed by atoms with Gasteiger partial charge in [-0.15, -0.1) is 11.3 Å². The highest BCUT2D eigenvalue weighted by molar-refractivity contribution is 9.11. The molecule has 84 valence electrons. The lowest BCUT2D eigenvalue weighted by Gasteiger charge is -2.22. The van der Waals surface area contributed by atoms with E-state index in [0.717, 1.165) is 10.3 Å². The molecule has 1 aromatic heterocycles. The third-order valence-electron chi connectivity index (χ3n) is 2.24. The predicted octanol–water partition coefficient (Wildman–Crippen LogP) is 2.08. The van der Waals surface area contributed by atoms with Crippen LogP contribution in [0.25, 0.3) is 0 Å². The summed E-state index contributed by atoms with van der Waals surface area (Å²) in [6.45, 7) is 2.69. The van der Waals surface area contributed by atoms with Crippen LogP contribution in [0, 0.1) is 0 Å². The number of amidine groups is 1. The molecule has 1 unspecified atom stereocenters. The van der Waals surface area contributed by atoms with Gasteiger partial charge in [-0.05, 0) is 42.0 Å². The van der Waals surface area contributed by atoms with Crippen LogP contribution in [0.1, 0.15) is 11.8 Å². The molecule has 0 aliphatic carbocycles. The van der Waals surface area contributed by atoms with Crippen molar-refractivity contribution >= 4 is 33.1 Å². The number of nitrogens with zero attached hydrogens (tertiary/aromatic N) is 2. The van der Waals surface area contributed by atoms with Gasteiger partial charge in [0.05, 0.1) is 9.83 Å². The molecule has 0 saturated carbocycles. The number of likely N-dealkylation sites (N-methyl/N-ethyl adjacent to an activating group) is 1. The van der Waals surface area contributed by atoms with Crippen LogP contribution in [0.2, 0.25) is 0 Å². The van der Waals surface area contributed by atoms with E-state index in [4.69, 9.17) is 10.9 Å². The van der Waals surface area contributed by atoms with Gasteiger partial charge >= 0.3 is 0 Å². The summed E-state index contributed by atoms with van der Waals surface area (Å²) in [6.07, 6.45) is 0. The molecule has 0 amide bonds. The molecule has 0 fully saturated rings. The third kappa shape index (κ3) is 3.48. The normalized spacial score (nSPS) is 14.5. The van der Waals surface area contributed by atoms with Gasteiger partial charge in [-0.1, -0.05) is 5.16 Å². The maximum absolute atomic E-state index is 8.56. The smallest absolute Gasteiger partial charge is 0.156 e. The highest BCUT2D eigenvalue weighted by atomic mass is 79.9. The van der Waals surface area contributed by atoms with E-state index >= 15 is 0 Å². The lowest BCUT2D eigenvalue weighted by atomic mass is 10.2. The topological polar surface area (TPSA) is 61.9 Å². The number of hydrogen-bond acceptors (Lipinski definition) is 4. The first-order chi connectivity index (χ1) is 7.04. The van der Waals surface area contributed by atoms with E-state index in [2.05, 4.69) is 27.2 Å². The zero-order chi connectivity index (χ0) is 11.4. The average Bonchev–Trinajstić information content (AvgIpc) is 2.61. The quantitative estimate of drug-likeness (QED) is 0.386. The fraction of sp³-hybridized carbons (Fsp3) is 0.444. The summed E-state index contributed by atoms with van der Waals surface area (Å²) in [5.74, 6) is 0.230. The lowest BCUT2D eigenvalue weighted by Crippen LogP contribution is -2.39. The molecular formula is C9H14BrN3OS. The summed E-state index contributed by atoms with van der Waals surface area (Å²) in [5, 5.41) is 11.6. The molecule has 0 aliphatic heterocycles. The molecule has 0 aliphatic rings. The van der Waals surface area contributed by atoms with Crippen LogP contribution in [-0.2, 0) is 6.54 Å². The molecular weight excluding hydrogens is 278 g/mol. The van der Waals surface area contributed by atoms with E-state index in [1.54, 1.807) is 11.3 Å². The highest BCUT2D eigenvalue weighted by Gasteiger charge is 2.14. The molecule has 1 atom stereocenters. The number of thiophene rings is 1. The van der Waals surface area contributed by atoms with Crippen molar-refractivity contribution in [3.63, 3.8) is 0 Å². The van der Waals surface area contributed by atoms with E-state index in [1.807, 2.05) is 24.9 Å². The van der Waals surface area contributed by atoms with Crippen LogP contribution < -0.4 is 5.73 Å². The van der Waals surface area contributed by atoms with Gasteiger partial charge in [-0.3, -0.25) is 4.90 Å². The minimum absolute atomic E-state index is 0.0733. The molecule has 0 bridgehead atoms. The Morgan fingerprint density at radius 1 is 1.73 bits per heavy atom. The molecule has 0 spiro atoms. The van der Waals surface area contributed by atoms with Crippen LogP contribution >= 0.6 is 27.3 Å². The first-order valence-electron chi connectivity index (χ1n) is 4.46. The van der Waals surface area contributed by atoms with Gasteiger partial charge in [0.15, 0.2) is 5.84 Å². The largest absolute Gasteiger partial charge is 0.409 e. The summed E-state index contributed by atoms with van der Waals surface area (Å²) in [4.78, 5) is 3.26. The predicted molar refractivity (Wildman–Crippen MR) is 66.4 cm³/mol. The molecule has 4 nitrogen and oxygen atoms in total. The SMILES string of the molecule is CC(C(N)=NO)N(C)Cc1ccc(Br)s1. The zero-order valence-electron chi connectivity index (χ0n) is 8.64. The molecule has 0 radical (unpaired) electrons. The van der Waals surface area contributed by atoms with Gasteiger partial charge in [0.25, 0.3) is 0 Å². The molecule has 15 heavy (non-hydrogen) atoms. The molecule has 0 saturated heterocycles. The van der Waals surface area contributed by atoms with E-state index in [-0.39, 0.29) is 11.9 Å².